The summed E-state index contributed by atoms with van der Waals surface area (Å²) in [5.41, 5.74) is 4.24. The van der Waals surface area contributed by atoms with E-state index in [1.807, 2.05) is 60.7 Å². The van der Waals surface area contributed by atoms with Crippen molar-refractivity contribution < 1.29 is 4.79 Å². The Morgan fingerprint density at radius 1 is 0.909 bits per heavy atom. The van der Waals surface area contributed by atoms with Crippen LogP contribution >= 0.6 is 11.6 Å². The third kappa shape index (κ3) is 4.64. The fraction of sp³-hybridized carbons (Fsp3) is 0.0741. The van der Waals surface area contributed by atoms with Gasteiger partial charge in [0.1, 0.15) is 0 Å². The van der Waals surface area contributed by atoms with Crippen molar-refractivity contribution in [3.8, 4) is 0 Å². The summed E-state index contributed by atoms with van der Waals surface area (Å²) >= 11 is 5.95. The maximum atomic E-state index is 12.8. The summed E-state index contributed by atoms with van der Waals surface area (Å²) in [6, 6.07) is 25.9. The normalized spacial score (nSPS) is 11.1. The monoisotopic (exact) mass is 453 g/mol. The molecule has 5 aromatic rings. The van der Waals surface area contributed by atoms with E-state index in [-0.39, 0.29) is 17.8 Å². The number of hydrogen-bond donors (Lipinski definition) is 2. The lowest BCUT2D eigenvalue weighted by molar-refractivity contribution is -0.115. The van der Waals surface area contributed by atoms with Crippen LogP contribution in [0.2, 0.25) is 5.02 Å². The highest BCUT2D eigenvalue weighted by atomic mass is 35.5. The number of nitrogens with one attached hydrogen (secondary N) is 2. The van der Waals surface area contributed by atoms with Crippen LogP contribution in [0.15, 0.2) is 89.7 Å². The highest BCUT2D eigenvalue weighted by Crippen LogP contribution is 2.26. The molecule has 1 aromatic heterocycles. The van der Waals surface area contributed by atoms with E-state index >= 15 is 0 Å². The molecule has 1 amide bonds. The topological polar surface area (TPSA) is 74.8 Å². The Kier molecular flexibility index (Phi) is 5.63. The highest BCUT2D eigenvalue weighted by molar-refractivity contribution is 6.30. The van der Waals surface area contributed by atoms with Gasteiger partial charge in [0, 0.05) is 16.8 Å². The zero-order valence-corrected chi connectivity index (χ0v) is 18.4. The lowest BCUT2D eigenvalue weighted by atomic mass is 10.1. The fourth-order valence-corrected chi connectivity index (χ4v) is 4.04. The minimum absolute atomic E-state index is 0.0367. The molecule has 2 N–H and O–H groups in total. The molecule has 0 bridgehead atoms. The van der Waals surface area contributed by atoms with Gasteiger partial charge >= 0.3 is 0 Å². The van der Waals surface area contributed by atoms with E-state index in [1.165, 1.54) is 0 Å². The van der Waals surface area contributed by atoms with E-state index < -0.39 is 0 Å². The molecule has 0 aliphatic heterocycles. The van der Waals surface area contributed by atoms with Gasteiger partial charge in [0.25, 0.3) is 0 Å². The number of amides is 1. The van der Waals surface area contributed by atoms with Gasteiger partial charge in [-0.3, -0.25) is 9.59 Å². The summed E-state index contributed by atoms with van der Waals surface area (Å²) in [6.45, 7) is 0. The molecule has 33 heavy (non-hydrogen) atoms. The largest absolute Gasteiger partial charge is 0.353 e. The van der Waals surface area contributed by atoms with Gasteiger partial charge < -0.3 is 10.3 Å². The zero-order valence-electron chi connectivity index (χ0n) is 17.6. The maximum absolute atomic E-state index is 12.8. The highest BCUT2D eigenvalue weighted by Gasteiger charge is 2.14. The van der Waals surface area contributed by atoms with Crippen molar-refractivity contribution in [2.75, 3.05) is 5.32 Å². The van der Waals surface area contributed by atoms with E-state index in [2.05, 4.69) is 10.3 Å². The number of nitrogens with zero attached hydrogens (tertiary/aromatic N) is 1. The van der Waals surface area contributed by atoms with Crippen LogP contribution in [0.3, 0.4) is 0 Å². The molecule has 0 unspecified atom stereocenters. The van der Waals surface area contributed by atoms with Gasteiger partial charge in [-0.15, -0.1) is 0 Å². The van der Waals surface area contributed by atoms with Crippen LogP contribution in [-0.4, -0.2) is 15.9 Å². The molecule has 4 aromatic carbocycles. The van der Waals surface area contributed by atoms with Crippen LogP contribution in [0.1, 0.15) is 16.8 Å². The summed E-state index contributed by atoms with van der Waals surface area (Å²) < 4.78 is 0. The summed E-state index contributed by atoms with van der Waals surface area (Å²) in [5, 5.41) is 5.37. The van der Waals surface area contributed by atoms with Crippen LogP contribution in [0.4, 0.5) is 5.82 Å². The van der Waals surface area contributed by atoms with Gasteiger partial charge in [-0.25, -0.2) is 4.98 Å². The van der Waals surface area contributed by atoms with Crippen molar-refractivity contribution in [2.45, 2.75) is 12.8 Å². The van der Waals surface area contributed by atoms with Crippen molar-refractivity contribution >= 4 is 45.1 Å². The van der Waals surface area contributed by atoms with Gasteiger partial charge in [0.15, 0.2) is 11.2 Å². The quantitative estimate of drug-likeness (QED) is 0.345. The molecular weight excluding hydrogens is 434 g/mol. The van der Waals surface area contributed by atoms with Crippen LogP contribution in [-0.2, 0) is 17.6 Å². The Bertz CT molecular complexity index is 1530. The third-order valence-electron chi connectivity index (χ3n) is 5.52. The summed E-state index contributed by atoms with van der Waals surface area (Å²) in [5.74, 6) is 0.328. The van der Waals surface area contributed by atoms with Gasteiger partial charge in [0.05, 0.1) is 23.1 Å². The lowest BCUT2D eigenvalue weighted by Gasteiger charge is -2.14. The van der Waals surface area contributed by atoms with Crippen molar-refractivity contribution in [3.05, 3.63) is 117 Å². The number of H-pyrrole nitrogens is 1. The number of hydrogen-bond acceptors (Lipinski definition) is 3. The number of benzene rings is 4. The van der Waals surface area contributed by atoms with Crippen LogP contribution < -0.4 is 10.7 Å². The molecular formula is C27H20ClN3O2. The second-order valence-corrected chi connectivity index (χ2v) is 8.36. The van der Waals surface area contributed by atoms with E-state index in [0.29, 0.717) is 22.8 Å². The van der Waals surface area contributed by atoms with Gasteiger partial charge in [0.2, 0.25) is 5.91 Å². The minimum atomic E-state index is -0.163. The summed E-state index contributed by atoms with van der Waals surface area (Å²) in [6.07, 6.45) is 0.780. The smallest absolute Gasteiger partial charge is 0.229 e. The standard InChI is InChI=1S/C27H20ClN3O2/c28-20-9-6-18(7-10-20)15-25(33)31-27-24(14-17-4-2-1-3-5-17)29-26-22-12-11-21(32)16-19(22)8-13-23(26)30-27/h1-13,16,29H,14-15H2,(H,31,33). The van der Waals surface area contributed by atoms with Gasteiger partial charge in [-0.2, -0.15) is 0 Å². The number of halogens is 1. The molecule has 0 radical (unpaired) electrons. The number of carbonyl (C=O) groups excluding carboxylic acids is 1. The first kappa shape index (κ1) is 20.9. The van der Waals surface area contributed by atoms with Crippen molar-refractivity contribution in [1.29, 1.82) is 0 Å². The van der Waals surface area contributed by atoms with Crippen molar-refractivity contribution in [1.82, 2.24) is 9.97 Å². The maximum Gasteiger partial charge on any atom is 0.229 e. The van der Waals surface area contributed by atoms with Crippen molar-refractivity contribution in [2.24, 2.45) is 0 Å². The predicted octanol–water partition coefficient (Wildman–Crippen LogP) is 5.50. The molecule has 0 atom stereocenters. The lowest BCUT2D eigenvalue weighted by Crippen LogP contribution is -2.17. The van der Waals surface area contributed by atoms with Gasteiger partial charge in [-0.1, -0.05) is 60.1 Å². The number of fused-ring (bicyclic) bond motifs is 3. The van der Waals surface area contributed by atoms with E-state index in [4.69, 9.17) is 16.6 Å². The summed E-state index contributed by atoms with van der Waals surface area (Å²) in [4.78, 5) is 32.9. The third-order valence-corrected chi connectivity index (χ3v) is 5.77. The zero-order chi connectivity index (χ0) is 22.8. The van der Waals surface area contributed by atoms with E-state index in [0.717, 1.165) is 33.1 Å². The Morgan fingerprint density at radius 2 is 1.70 bits per heavy atom. The SMILES string of the molecule is O=C(Cc1ccc(Cl)cc1)Nc1nc2ccc3cc(=O)ccc3c2[nH]c1Cc1ccccc1. The van der Waals surface area contributed by atoms with E-state index in [9.17, 15) is 9.59 Å². The molecule has 0 saturated heterocycles. The number of rotatable bonds is 5. The van der Waals surface area contributed by atoms with Gasteiger partial charge in [-0.05, 0) is 52.9 Å². The van der Waals surface area contributed by atoms with Crippen LogP contribution in [0.5, 0.6) is 0 Å². The number of anilines is 1. The summed E-state index contributed by atoms with van der Waals surface area (Å²) in [7, 11) is 0. The Hall–Kier alpha value is -3.96. The first-order valence-corrected chi connectivity index (χ1v) is 11.0. The fourth-order valence-electron chi connectivity index (χ4n) is 3.91. The van der Waals surface area contributed by atoms with Crippen LogP contribution in [0.25, 0.3) is 21.8 Å². The molecule has 0 aliphatic carbocycles. The molecule has 0 spiro atoms. The number of carbonyl (C=O) groups is 1. The Balaban J connectivity index is 1.56. The second kappa shape index (κ2) is 8.88. The Labute approximate surface area is 195 Å². The number of aromatic amines is 1. The molecule has 6 heteroatoms. The predicted molar refractivity (Wildman–Crippen MR) is 133 cm³/mol. The minimum Gasteiger partial charge on any atom is -0.353 e. The molecule has 162 valence electrons. The van der Waals surface area contributed by atoms with Crippen molar-refractivity contribution in [3.63, 3.8) is 0 Å². The average molecular weight is 454 g/mol. The van der Waals surface area contributed by atoms with Crippen LogP contribution in [0, 0.1) is 0 Å². The average Bonchev–Trinajstić information content (AvgIpc) is 2.81. The molecule has 0 saturated carbocycles. The Morgan fingerprint density at radius 3 is 2.48 bits per heavy atom. The molecule has 0 aliphatic rings. The molecule has 1 heterocycles. The number of aromatic nitrogens is 2. The molecule has 5 rings (SSSR count). The molecule has 5 nitrogen and oxygen atoms in total. The first-order valence-electron chi connectivity index (χ1n) is 10.6. The van der Waals surface area contributed by atoms with E-state index in [1.54, 1.807) is 24.3 Å². The first-order chi connectivity index (χ1) is 16.0. The molecule has 0 fully saturated rings. The second-order valence-electron chi connectivity index (χ2n) is 7.92.